The highest BCUT2D eigenvalue weighted by Crippen LogP contribution is 2.31. The molecule has 0 aliphatic heterocycles. The molecular formula is C17H14ClFN4OS. The summed E-state index contributed by atoms with van der Waals surface area (Å²) >= 11 is 7.07. The number of halogens is 2. The third-order valence-corrected chi connectivity index (χ3v) is 4.78. The molecule has 0 fully saturated rings. The molecule has 0 saturated heterocycles. The van der Waals surface area contributed by atoms with E-state index in [1.807, 2.05) is 24.7 Å². The molecule has 0 spiro atoms. The fourth-order valence-electron chi connectivity index (χ4n) is 2.18. The highest BCUT2D eigenvalue weighted by atomic mass is 35.5. The summed E-state index contributed by atoms with van der Waals surface area (Å²) in [5.74, 6) is -0.0316. The third kappa shape index (κ3) is 3.94. The quantitative estimate of drug-likeness (QED) is 0.691. The lowest BCUT2D eigenvalue weighted by atomic mass is 10.2. The zero-order valence-electron chi connectivity index (χ0n) is 13.5. The molecule has 0 radical (unpaired) electrons. The molecule has 0 unspecified atom stereocenters. The van der Waals surface area contributed by atoms with Crippen molar-refractivity contribution in [2.75, 3.05) is 5.32 Å². The van der Waals surface area contributed by atoms with Gasteiger partial charge in [0, 0.05) is 25.5 Å². The van der Waals surface area contributed by atoms with E-state index in [4.69, 9.17) is 11.6 Å². The second-order valence-corrected chi connectivity index (χ2v) is 6.70. The van der Waals surface area contributed by atoms with Gasteiger partial charge in [0.15, 0.2) is 11.0 Å². The van der Waals surface area contributed by atoms with Crippen LogP contribution in [0.3, 0.4) is 0 Å². The van der Waals surface area contributed by atoms with Crippen LogP contribution in [0, 0.1) is 12.7 Å². The summed E-state index contributed by atoms with van der Waals surface area (Å²) < 4.78 is 15.0. The smallest absolute Gasteiger partial charge is 0.250 e. The number of imidazole rings is 1. The number of aromatic nitrogens is 3. The summed E-state index contributed by atoms with van der Waals surface area (Å²) in [6, 6.07) is 4.24. The van der Waals surface area contributed by atoms with Gasteiger partial charge in [0.2, 0.25) is 5.91 Å². The molecule has 3 aromatic rings. The molecule has 5 nitrogen and oxygen atoms in total. The predicted molar refractivity (Wildman–Crippen MR) is 98.1 cm³/mol. The molecule has 0 saturated carbocycles. The van der Waals surface area contributed by atoms with Crippen molar-refractivity contribution in [2.24, 2.45) is 7.05 Å². The maximum absolute atomic E-state index is 13.1. The van der Waals surface area contributed by atoms with Gasteiger partial charge in [-0.3, -0.25) is 10.1 Å². The van der Waals surface area contributed by atoms with Gasteiger partial charge in [-0.05, 0) is 30.7 Å². The average molecular weight is 377 g/mol. The highest BCUT2D eigenvalue weighted by molar-refractivity contribution is 7.19. The Morgan fingerprint density at radius 3 is 2.92 bits per heavy atom. The SMILES string of the molecule is Cc1nc(NC(=O)/C=C/c2ccc(F)c(Cl)c2)sc1-c1nccn1C. The van der Waals surface area contributed by atoms with Crippen LogP contribution in [-0.4, -0.2) is 20.4 Å². The van der Waals surface area contributed by atoms with Gasteiger partial charge in [0.25, 0.3) is 0 Å². The van der Waals surface area contributed by atoms with Crippen molar-refractivity contribution < 1.29 is 9.18 Å². The Balaban J connectivity index is 1.72. The van der Waals surface area contributed by atoms with E-state index in [-0.39, 0.29) is 10.9 Å². The molecule has 3 rings (SSSR count). The number of rotatable bonds is 4. The van der Waals surface area contributed by atoms with Gasteiger partial charge >= 0.3 is 0 Å². The second-order valence-electron chi connectivity index (χ2n) is 5.29. The number of nitrogens with zero attached hydrogens (tertiary/aromatic N) is 3. The molecule has 0 aliphatic carbocycles. The Kier molecular flexibility index (Phi) is 4.96. The van der Waals surface area contributed by atoms with Crippen LogP contribution >= 0.6 is 22.9 Å². The minimum Gasteiger partial charge on any atom is -0.333 e. The summed E-state index contributed by atoms with van der Waals surface area (Å²) in [5.41, 5.74) is 1.43. The molecule has 0 atom stereocenters. The van der Waals surface area contributed by atoms with Crippen LogP contribution in [0.2, 0.25) is 5.02 Å². The van der Waals surface area contributed by atoms with Crippen molar-refractivity contribution >= 4 is 40.1 Å². The number of aryl methyl sites for hydroxylation is 2. The number of carbonyl (C=O) groups is 1. The zero-order chi connectivity index (χ0) is 18.0. The number of hydrogen-bond donors (Lipinski definition) is 1. The van der Waals surface area contributed by atoms with Crippen LogP contribution in [0.15, 0.2) is 36.7 Å². The Hall–Kier alpha value is -2.51. The van der Waals surface area contributed by atoms with Gasteiger partial charge in [-0.15, -0.1) is 0 Å². The number of nitrogens with one attached hydrogen (secondary N) is 1. The molecule has 128 valence electrons. The Morgan fingerprint density at radius 2 is 2.24 bits per heavy atom. The number of thiazole rings is 1. The van der Waals surface area contributed by atoms with E-state index < -0.39 is 5.82 Å². The first-order valence-electron chi connectivity index (χ1n) is 7.33. The van der Waals surface area contributed by atoms with Gasteiger partial charge in [0.05, 0.1) is 15.6 Å². The van der Waals surface area contributed by atoms with Crippen LogP contribution < -0.4 is 5.32 Å². The van der Waals surface area contributed by atoms with Crippen molar-refractivity contribution in [2.45, 2.75) is 6.92 Å². The maximum Gasteiger partial charge on any atom is 0.250 e. The summed E-state index contributed by atoms with van der Waals surface area (Å²) in [4.78, 5) is 21.6. The van der Waals surface area contributed by atoms with E-state index in [0.717, 1.165) is 16.4 Å². The summed E-state index contributed by atoms with van der Waals surface area (Å²) in [5, 5.41) is 3.22. The van der Waals surface area contributed by atoms with Crippen molar-refractivity contribution in [1.82, 2.24) is 14.5 Å². The van der Waals surface area contributed by atoms with Crippen LogP contribution in [0.1, 0.15) is 11.3 Å². The van der Waals surface area contributed by atoms with E-state index in [9.17, 15) is 9.18 Å². The third-order valence-electron chi connectivity index (χ3n) is 3.42. The number of hydrogen-bond acceptors (Lipinski definition) is 4. The highest BCUT2D eigenvalue weighted by Gasteiger charge is 2.14. The van der Waals surface area contributed by atoms with E-state index in [0.29, 0.717) is 10.7 Å². The minimum absolute atomic E-state index is 0.0119. The number of anilines is 1. The lowest BCUT2D eigenvalue weighted by Gasteiger charge is -1.98. The first kappa shape index (κ1) is 17.3. The normalized spacial score (nSPS) is 11.2. The first-order chi connectivity index (χ1) is 11.9. The van der Waals surface area contributed by atoms with Crippen molar-refractivity contribution in [3.05, 3.63) is 58.8 Å². The summed E-state index contributed by atoms with van der Waals surface area (Å²) in [6.45, 7) is 1.87. The zero-order valence-corrected chi connectivity index (χ0v) is 15.0. The molecule has 2 aromatic heterocycles. The Morgan fingerprint density at radius 1 is 1.44 bits per heavy atom. The second kappa shape index (κ2) is 7.16. The van der Waals surface area contributed by atoms with Gasteiger partial charge < -0.3 is 4.57 Å². The molecule has 1 amide bonds. The molecule has 0 bridgehead atoms. The molecule has 2 heterocycles. The lowest BCUT2D eigenvalue weighted by Crippen LogP contribution is -2.07. The minimum atomic E-state index is -0.497. The molecular weight excluding hydrogens is 363 g/mol. The molecule has 0 aliphatic rings. The lowest BCUT2D eigenvalue weighted by molar-refractivity contribution is -0.111. The molecule has 25 heavy (non-hydrogen) atoms. The Labute approximate surface area is 152 Å². The van der Waals surface area contributed by atoms with E-state index in [2.05, 4.69) is 15.3 Å². The van der Waals surface area contributed by atoms with Crippen molar-refractivity contribution in [1.29, 1.82) is 0 Å². The van der Waals surface area contributed by atoms with E-state index in [1.54, 1.807) is 12.3 Å². The van der Waals surface area contributed by atoms with E-state index >= 15 is 0 Å². The first-order valence-corrected chi connectivity index (χ1v) is 8.52. The maximum atomic E-state index is 13.1. The summed E-state index contributed by atoms with van der Waals surface area (Å²) in [6.07, 6.45) is 6.47. The van der Waals surface area contributed by atoms with Gasteiger partial charge in [-0.25, -0.2) is 14.4 Å². The fraction of sp³-hybridized carbons (Fsp3) is 0.118. The van der Waals surface area contributed by atoms with E-state index in [1.165, 1.54) is 35.6 Å². The van der Waals surface area contributed by atoms with Crippen LogP contribution in [0.25, 0.3) is 16.8 Å². The molecule has 1 aromatic carbocycles. The molecule has 8 heteroatoms. The predicted octanol–water partition coefficient (Wildman–Crippen LogP) is 4.30. The van der Waals surface area contributed by atoms with Gasteiger partial charge in [-0.2, -0.15) is 0 Å². The van der Waals surface area contributed by atoms with Gasteiger partial charge in [-0.1, -0.05) is 29.0 Å². The Bertz CT molecular complexity index is 963. The number of benzene rings is 1. The standard InChI is InChI=1S/C17H14ClFN4OS/c1-10-15(16-20-7-8-23(16)2)25-17(21-10)22-14(24)6-4-11-3-5-13(19)12(18)9-11/h3-9H,1-2H3,(H,21,22,24)/b6-4+. The fourth-order valence-corrected chi connectivity index (χ4v) is 3.37. The van der Waals surface area contributed by atoms with Crippen LogP contribution in [0.4, 0.5) is 9.52 Å². The topological polar surface area (TPSA) is 59.8 Å². The monoisotopic (exact) mass is 376 g/mol. The number of carbonyl (C=O) groups excluding carboxylic acids is 1. The largest absolute Gasteiger partial charge is 0.333 e. The summed E-state index contributed by atoms with van der Waals surface area (Å²) in [7, 11) is 1.90. The van der Waals surface area contributed by atoms with Crippen molar-refractivity contribution in [3.63, 3.8) is 0 Å². The average Bonchev–Trinajstić information content (AvgIpc) is 3.14. The van der Waals surface area contributed by atoms with Gasteiger partial charge in [0.1, 0.15) is 5.82 Å². The van der Waals surface area contributed by atoms with Crippen LogP contribution in [-0.2, 0) is 11.8 Å². The molecule has 1 N–H and O–H groups in total. The number of amides is 1. The van der Waals surface area contributed by atoms with Crippen LogP contribution in [0.5, 0.6) is 0 Å². The van der Waals surface area contributed by atoms with Crippen molar-refractivity contribution in [3.8, 4) is 10.7 Å².